The van der Waals surface area contributed by atoms with Crippen LogP contribution in [0, 0.1) is 0 Å². The first kappa shape index (κ1) is 13.8. The molecule has 1 aliphatic rings. The molecule has 0 atom stereocenters. The quantitative estimate of drug-likeness (QED) is 0.765. The van der Waals surface area contributed by atoms with Crippen molar-refractivity contribution in [3.05, 3.63) is 24.3 Å². The van der Waals surface area contributed by atoms with Crippen LogP contribution in [-0.2, 0) is 0 Å². The molecule has 1 aliphatic carbocycles. The highest BCUT2D eigenvalue weighted by molar-refractivity contribution is 8.00. The molecule has 2 rings (SSSR count). The summed E-state index contributed by atoms with van der Waals surface area (Å²) >= 11 is 2.03. The second-order valence-corrected chi connectivity index (χ2v) is 6.28. The Bertz CT molecular complexity index is 350. The highest BCUT2D eigenvalue weighted by Gasteiger charge is 2.14. The van der Waals surface area contributed by atoms with Gasteiger partial charge in [-0.05, 0) is 37.5 Å². The third-order valence-corrected chi connectivity index (χ3v) is 4.68. The molecule has 0 saturated heterocycles. The van der Waals surface area contributed by atoms with Gasteiger partial charge in [-0.3, -0.25) is 0 Å². The van der Waals surface area contributed by atoms with Crippen LogP contribution in [0.4, 0.5) is 5.69 Å². The molecular weight excluding hydrogens is 242 g/mol. The van der Waals surface area contributed by atoms with E-state index in [2.05, 4.69) is 29.6 Å². The van der Waals surface area contributed by atoms with E-state index in [1.165, 1.54) is 42.7 Å². The lowest BCUT2D eigenvalue weighted by molar-refractivity contribution is 0.292. The molecule has 1 aromatic rings. The molecule has 1 saturated carbocycles. The summed E-state index contributed by atoms with van der Waals surface area (Å²) in [5.74, 6) is 0. The molecule has 100 valence electrons. The number of hydrogen-bond donors (Lipinski definition) is 2. The van der Waals surface area contributed by atoms with Crippen molar-refractivity contribution >= 4 is 17.4 Å². The van der Waals surface area contributed by atoms with Crippen molar-refractivity contribution in [2.75, 3.05) is 18.5 Å². The largest absolute Gasteiger partial charge is 0.396 e. The van der Waals surface area contributed by atoms with Gasteiger partial charge in [-0.2, -0.15) is 0 Å². The van der Waals surface area contributed by atoms with Gasteiger partial charge in [0.25, 0.3) is 0 Å². The topological polar surface area (TPSA) is 32.3 Å². The van der Waals surface area contributed by atoms with Gasteiger partial charge in [0.05, 0.1) is 0 Å². The SMILES string of the molecule is OCCCNc1cccc(SC2CCCCC2)c1. The summed E-state index contributed by atoms with van der Waals surface area (Å²) in [5, 5.41) is 12.9. The van der Waals surface area contributed by atoms with Gasteiger partial charge in [0.1, 0.15) is 0 Å². The molecule has 1 aromatic carbocycles. The minimum Gasteiger partial charge on any atom is -0.396 e. The first-order valence-electron chi connectivity index (χ1n) is 7.00. The van der Waals surface area contributed by atoms with Crippen LogP contribution in [0.5, 0.6) is 0 Å². The number of aliphatic hydroxyl groups is 1. The van der Waals surface area contributed by atoms with E-state index in [0.29, 0.717) is 0 Å². The molecule has 18 heavy (non-hydrogen) atoms. The number of hydrogen-bond acceptors (Lipinski definition) is 3. The number of benzene rings is 1. The van der Waals surface area contributed by atoms with Gasteiger partial charge in [0, 0.05) is 29.0 Å². The minimum absolute atomic E-state index is 0.253. The predicted molar refractivity (Wildman–Crippen MR) is 79.4 cm³/mol. The first-order chi connectivity index (χ1) is 8.88. The number of rotatable bonds is 6. The van der Waals surface area contributed by atoms with Crippen molar-refractivity contribution < 1.29 is 5.11 Å². The Morgan fingerprint density at radius 2 is 2.06 bits per heavy atom. The molecule has 2 N–H and O–H groups in total. The molecule has 3 heteroatoms. The summed E-state index contributed by atoms with van der Waals surface area (Å²) in [5.41, 5.74) is 1.17. The lowest BCUT2D eigenvalue weighted by Gasteiger charge is -2.21. The average Bonchev–Trinajstić information content (AvgIpc) is 2.41. The zero-order chi connectivity index (χ0) is 12.6. The number of aliphatic hydroxyl groups excluding tert-OH is 1. The normalized spacial score (nSPS) is 16.7. The molecule has 0 heterocycles. The zero-order valence-corrected chi connectivity index (χ0v) is 11.7. The van der Waals surface area contributed by atoms with Crippen LogP contribution in [0.25, 0.3) is 0 Å². The maximum atomic E-state index is 8.77. The Labute approximate surface area is 114 Å². The van der Waals surface area contributed by atoms with Crippen LogP contribution in [-0.4, -0.2) is 23.5 Å². The Balaban J connectivity index is 1.85. The summed E-state index contributed by atoms with van der Waals surface area (Å²) in [6.45, 7) is 1.09. The van der Waals surface area contributed by atoms with Crippen LogP contribution >= 0.6 is 11.8 Å². The summed E-state index contributed by atoms with van der Waals surface area (Å²) in [6.07, 6.45) is 7.75. The summed E-state index contributed by atoms with van der Waals surface area (Å²) in [7, 11) is 0. The van der Waals surface area contributed by atoms with Gasteiger partial charge in [0.15, 0.2) is 0 Å². The lowest BCUT2D eigenvalue weighted by atomic mass is 10.0. The van der Waals surface area contributed by atoms with E-state index in [9.17, 15) is 0 Å². The third kappa shape index (κ3) is 4.54. The van der Waals surface area contributed by atoms with Crippen molar-refractivity contribution in [3.63, 3.8) is 0 Å². The van der Waals surface area contributed by atoms with E-state index in [4.69, 9.17) is 5.11 Å². The molecule has 0 radical (unpaired) electrons. The molecule has 0 unspecified atom stereocenters. The molecule has 0 bridgehead atoms. The van der Waals surface area contributed by atoms with Gasteiger partial charge in [-0.25, -0.2) is 0 Å². The van der Waals surface area contributed by atoms with Crippen LogP contribution in [0.15, 0.2) is 29.2 Å². The molecule has 2 nitrogen and oxygen atoms in total. The monoisotopic (exact) mass is 265 g/mol. The van der Waals surface area contributed by atoms with E-state index in [-0.39, 0.29) is 6.61 Å². The highest BCUT2D eigenvalue weighted by atomic mass is 32.2. The molecule has 0 amide bonds. The molecular formula is C15H23NOS. The van der Waals surface area contributed by atoms with E-state index in [1.54, 1.807) is 0 Å². The molecule has 0 spiro atoms. The van der Waals surface area contributed by atoms with Gasteiger partial charge < -0.3 is 10.4 Å². The fourth-order valence-corrected chi connectivity index (χ4v) is 3.67. The summed E-state index contributed by atoms with van der Waals surface area (Å²) in [4.78, 5) is 1.37. The molecule has 1 fully saturated rings. The maximum Gasteiger partial charge on any atom is 0.0447 e. The van der Waals surface area contributed by atoms with Crippen LogP contribution in [0.1, 0.15) is 38.5 Å². The fourth-order valence-electron chi connectivity index (χ4n) is 2.37. The standard InChI is InChI=1S/C15H23NOS/c17-11-5-10-16-13-6-4-9-15(12-13)18-14-7-2-1-3-8-14/h4,6,9,12,14,16-17H,1-3,5,7-8,10-11H2. The van der Waals surface area contributed by atoms with Gasteiger partial charge in [0.2, 0.25) is 0 Å². The first-order valence-corrected chi connectivity index (χ1v) is 7.88. The fraction of sp³-hybridized carbons (Fsp3) is 0.600. The Hall–Kier alpha value is -0.670. The van der Waals surface area contributed by atoms with Crippen LogP contribution in [0.3, 0.4) is 0 Å². The lowest BCUT2D eigenvalue weighted by Crippen LogP contribution is -2.07. The van der Waals surface area contributed by atoms with Crippen LogP contribution in [0.2, 0.25) is 0 Å². The Morgan fingerprint density at radius 3 is 2.83 bits per heavy atom. The van der Waals surface area contributed by atoms with E-state index in [1.807, 2.05) is 11.8 Å². The smallest absolute Gasteiger partial charge is 0.0447 e. The van der Waals surface area contributed by atoms with Crippen molar-refractivity contribution in [2.45, 2.75) is 48.7 Å². The molecule has 0 aromatic heterocycles. The van der Waals surface area contributed by atoms with Crippen molar-refractivity contribution in [3.8, 4) is 0 Å². The van der Waals surface area contributed by atoms with Crippen molar-refractivity contribution in [1.29, 1.82) is 0 Å². The van der Waals surface area contributed by atoms with E-state index < -0.39 is 0 Å². The van der Waals surface area contributed by atoms with Crippen molar-refractivity contribution in [2.24, 2.45) is 0 Å². The van der Waals surface area contributed by atoms with E-state index >= 15 is 0 Å². The van der Waals surface area contributed by atoms with Gasteiger partial charge in [-0.1, -0.05) is 25.3 Å². The summed E-state index contributed by atoms with van der Waals surface area (Å²) in [6, 6.07) is 8.65. The number of nitrogens with one attached hydrogen (secondary N) is 1. The summed E-state index contributed by atoms with van der Waals surface area (Å²) < 4.78 is 0. The Morgan fingerprint density at radius 1 is 1.22 bits per heavy atom. The average molecular weight is 265 g/mol. The van der Waals surface area contributed by atoms with Crippen LogP contribution < -0.4 is 5.32 Å². The second kappa shape index (κ2) is 7.70. The van der Waals surface area contributed by atoms with Gasteiger partial charge >= 0.3 is 0 Å². The third-order valence-electron chi connectivity index (χ3n) is 3.35. The zero-order valence-electron chi connectivity index (χ0n) is 10.9. The number of thioether (sulfide) groups is 1. The Kier molecular flexibility index (Phi) is 5.88. The van der Waals surface area contributed by atoms with E-state index in [0.717, 1.165) is 18.2 Å². The van der Waals surface area contributed by atoms with Gasteiger partial charge in [-0.15, -0.1) is 11.8 Å². The number of anilines is 1. The highest BCUT2D eigenvalue weighted by Crippen LogP contribution is 2.34. The molecule has 0 aliphatic heterocycles. The van der Waals surface area contributed by atoms with Crippen molar-refractivity contribution in [1.82, 2.24) is 0 Å². The predicted octanol–water partition coefficient (Wildman–Crippen LogP) is 3.91. The minimum atomic E-state index is 0.253. The second-order valence-electron chi connectivity index (χ2n) is 4.91. The maximum absolute atomic E-state index is 8.77.